The van der Waals surface area contributed by atoms with Gasteiger partial charge in [0.15, 0.2) is 9.84 Å². The van der Waals surface area contributed by atoms with Gasteiger partial charge in [-0.25, -0.2) is 8.42 Å². The average Bonchev–Trinajstić information content (AvgIpc) is 3.18. The van der Waals surface area contributed by atoms with Crippen LogP contribution in [0.3, 0.4) is 0 Å². The molecule has 0 spiro atoms. The lowest BCUT2D eigenvalue weighted by Gasteiger charge is -2.35. The van der Waals surface area contributed by atoms with E-state index in [2.05, 4.69) is 17.1 Å². The van der Waals surface area contributed by atoms with Crippen molar-refractivity contribution in [3.8, 4) is 0 Å². The molecule has 4 unspecified atom stereocenters. The van der Waals surface area contributed by atoms with Gasteiger partial charge in [0, 0.05) is 12.0 Å². The number of nitrogens with zero attached hydrogens (tertiary/aromatic N) is 1. The molecule has 3 aliphatic rings. The van der Waals surface area contributed by atoms with Gasteiger partial charge in [-0.2, -0.15) is 0 Å². The smallest absolute Gasteiger partial charge is 0.223 e. The third-order valence-electron chi connectivity index (χ3n) is 5.43. The number of hydrogen-bond donors (Lipinski definition) is 1. The maximum atomic E-state index is 12.4. The first-order valence-electron chi connectivity index (χ1n) is 8.75. The van der Waals surface area contributed by atoms with Crippen molar-refractivity contribution in [2.75, 3.05) is 24.6 Å². The molecular weight excluding hydrogens is 300 g/mol. The molecule has 2 heterocycles. The van der Waals surface area contributed by atoms with Crippen LogP contribution in [0.25, 0.3) is 0 Å². The lowest BCUT2D eigenvalue weighted by atomic mass is 10.0. The average molecular weight is 328 g/mol. The van der Waals surface area contributed by atoms with E-state index in [1.807, 2.05) is 0 Å². The van der Waals surface area contributed by atoms with E-state index in [0.29, 0.717) is 5.92 Å². The topological polar surface area (TPSA) is 66.5 Å². The van der Waals surface area contributed by atoms with Gasteiger partial charge < -0.3 is 5.32 Å². The molecule has 3 rings (SSSR count). The molecule has 1 saturated carbocycles. The molecule has 126 valence electrons. The van der Waals surface area contributed by atoms with Crippen molar-refractivity contribution in [3.63, 3.8) is 0 Å². The van der Waals surface area contributed by atoms with Crippen molar-refractivity contribution < 1.29 is 13.2 Å². The summed E-state index contributed by atoms with van der Waals surface area (Å²) in [4.78, 5) is 14.6. The van der Waals surface area contributed by atoms with Crippen LogP contribution in [-0.4, -0.2) is 55.9 Å². The van der Waals surface area contributed by atoms with E-state index in [1.165, 1.54) is 6.42 Å². The second-order valence-electron chi connectivity index (χ2n) is 7.25. The summed E-state index contributed by atoms with van der Waals surface area (Å²) in [6.07, 6.45) is 6.71. The summed E-state index contributed by atoms with van der Waals surface area (Å²) in [5.41, 5.74) is 0. The SMILES string of the molecule is CCCC1CC1C(=O)NC1CS(=O)(=O)CC1N1CCCCC1. The van der Waals surface area contributed by atoms with Gasteiger partial charge in [0.2, 0.25) is 5.91 Å². The lowest BCUT2D eigenvalue weighted by molar-refractivity contribution is -0.123. The molecule has 0 aromatic rings. The minimum absolute atomic E-state index is 0.0161. The minimum Gasteiger partial charge on any atom is -0.350 e. The fourth-order valence-corrected chi connectivity index (χ4v) is 6.08. The van der Waals surface area contributed by atoms with Crippen LogP contribution in [-0.2, 0) is 14.6 Å². The zero-order valence-corrected chi connectivity index (χ0v) is 14.3. The summed E-state index contributed by atoms with van der Waals surface area (Å²) in [5.74, 6) is 1.07. The van der Waals surface area contributed by atoms with Gasteiger partial charge in [-0.1, -0.05) is 19.8 Å². The lowest BCUT2D eigenvalue weighted by Crippen LogP contribution is -2.52. The fraction of sp³-hybridized carbons (Fsp3) is 0.938. The van der Waals surface area contributed by atoms with Crippen molar-refractivity contribution in [2.24, 2.45) is 11.8 Å². The van der Waals surface area contributed by atoms with E-state index < -0.39 is 9.84 Å². The maximum absolute atomic E-state index is 12.4. The van der Waals surface area contributed by atoms with Crippen LogP contribution in [0.1, 0.15) is 45.4 Å². The standard InChI is InChI=1S/C16H28N2O3S/c1-2-6-12-9-13(12)16(19)17-14-10-22(20,21)11-15(14)18-7-4-3-5-8-18/h12-15H,2-11H2,1H3,(H,17,19). The van der Waals surface area contributed by atoms with Gasteiger partial charge >= 0.3 is 0 Å². The second kappa shape index (κ2) is 6.48. The van der Waals surface area contributed by atoms with E-state index in [4.69, 9.17) is 0 Å². The Bertz CT molecular complexity index is 513. The summed E-state index contributed by atoms with van der Waals surface area (Å²) >= 11 is 0. The van der Waals surface area contributed by atoms with Gasteiger partial charge in [-0.05, 0) is 44.7 Å². The number of nitrogens with one attached hydrogen (secondary N) is 1. The zero-order valence-electron chi connectivity index (χ0n) is 13.5. The molecule has 0 aromatic carbocycles. The Labute approximate surface area is 133 Å². The Morgan fingerprint density at radius 1 is 1.18 bits per heavy atom. The molecule has 0 bridgehead atoms. The Morgan fingerprint density at radius 2 is 1.91 bits per heavy atom. The first-order valence-corrected chi connectivity index (χ1v) is 10.6. The molecule has 5 nitrogen and oxygen atoms in total. The number of likely N-dealkylation sites (tertiary alicyclic amines) is 1. The highest BCUT2D eigenvalue weighted by Gasteiger charge is 2.46. The number of hydrogen-bond acceptors (Lipinski definition) is 4. The third kappa shape index (κ3) is 3.65. The van der Waals surface area contributed by atoms with E-state index in [9.17, 15) is 13.2 Å². The number of carbonyl (C=O) groups excluding carboxylic acids is 1. The number of rotatable bonds is 5. The number of carbonyl (C=O) groups is 1. The van der Waals surface area contributed by atoms with Crippen molar-refractivity contribution in [1.82, 2.24) is 10.2 Å². The predicted octanol–water partition coefficient (Wildman–Crippen LogP) is 1.19. The van der Waals surface area contributed by atoms with Gasteiger partial charge in [-0.15, -0.1) is 0 Å². The highest BCUT2D eigenvalue weighted by atomic mass is 32.2. The normalized spacial score (nSPS) is 37.9. The quantitative estimate of drug-likeness (QED) is 0.823. The molecule has 0 radical (unpaired) electrons. The predicted molar refractivity (Wildman–Crippen MR) is 86.3 cm³/mol. The van der Waals surface area contributed by atoms with Crippen molar-refractivity contribution in [2.45, 2.75) is 57.5 Å². The van der Waals surface area contributed by atoms with E-state index in [-0.39, 0.29) is 35.4 Å². The highest BCUT2D eigenvalue weighted by Crippen LogP contribution is 2.42. The number of piperidine rings is 1. The Kier molecular flexibility index (Phi) is 4.78. The van der Waals surface area contributed by atoms with Gasteiger partial charge in [0.25, 0.3) is 0 Å². The minimum atomic E-state index is -3.03. The molecule has 22 heavy (non-hydrogen) atoms. The van der Waals surface area contributed by atoms with Gasteiger partial charge in [-0.3, -0.25) is 9.69 Å². The molecule has 1 amide bonds. The summed E-state index contributed by atoms with van der Waals surface area (Å²) in [5, 5.41) is 3.07. The van der Waals surface area contributed by atoms with Gasteiger partial charge in [0.1, 0.15) is 0 Å². The van der Waals surface area contributed by atoms with E-state index in [1.54, 1.807) is 0 Å². The Morgan fingerprint density at radius 3 is 2.59 bits per heavy atom. The molecule has 2 aliphatic heterocycles. The highest BCUT2D eigenvalue weighted by molar-refractivity contribution is 7.91. The van der Waals surface area contributed by atoms with Crippen LogP contribution >= 0.6 is 0 Å². The maximum Gasteiger partial charge on any atom is 0.223 e. The monoisotopic (exact) mass is 328 g/mol. The first kappa shape index (κ1) is 16.2. The molecule has 3 fully saturated rings. The summed E-state index contributed by atoms with van der Waals surface area (Å²) in [6.45, 7) is 4.08. The van der Waals surface area contributed by atoms with Crippen molar-refractivity contribution in [3.05, 3.63) is 0 Å². The molecule has 0 aromatic heterocycles. The molecule has 4 atom stereocenters. The van der Waals surface area contributed by atoms with Crippen LogP contribution in [0.15, 0.2) is 0 Å². The second-order valence-corrected chi connectivity index (χ2v) is 9.40. The molecule has 1 aliphatic carbocycles. The van der Waals surface area contributed by atoms with Crippen molar-refractivity contribution >= 4 is 15.7 Å². The molecular formula is C16H28N2O3S. The number of sulfone groups is 1. The summed E-state index contributed by atoms with van der Waals surface area (Å²) < 4.78 is 24.1. The Hall–Kier alpha value is -0.620. The fourth-order valence-electron chi connectivity index (χ4n) is 4.13. The molecule has 6 heteroatoms. The zero-order chi connectivity index (χ0) is 15.7. The molecule has 2 saturated heterocycles. The van der Waals surface area contributed by atoms with E-state index in [0.717, 1.165) is 45.2 Å². The van der Waals surface area contributed by atoms with Crippen molar-refractivity contribution in [1.29, 1.82) is 0 Å². The summed E-state index contributed by atoms with van der Waals surface area (Å²) in [7, 11) is -3.03. The van der Waals surface area contributed by atoms with Gasteiger partial charge in [0.05, 0.1) is 17.5 Å². The Balaban J connectivity index is 1.61. The van der Waals surface area contributed by atoms with Crippen LogP contribution in [0.4, 0.5) is 0 Å². The van der Waals surface area contributed by atoms with Crippen LogP contribution < -0.4 is 5.32 Å². The first-order chi connectivity index (χ1) is 10.5. The van der Waals surface area contributed by atoms with Crippen LogP contribution in [0.2, 0.25) is 0 Å². The summed E-state index contributed by atoms with van der Waals surface area (Å²) in [6, 6.07) is -0.226. The van der Waals surface area contributed by atoms with E-state index >= 15 is 0 Å². The van der Waals surface area contributed by atoms with Crippen LogP contribution in [0, 0.1) is 11.8 Å². The van der Waals surface area contributed by atoms with Crippen LogP contribution in [0.5, 0.6) is 0 Å². The third-order valence-corrected chi connectivity index (χ3v) is 7.15. The largest absolute Gasteiger partial charge is 0.350 e. The molecule has 1 N–H and O–H groups in total. The number of amides is 1.